The summed E-state index contributed by atoms with van der Waals surface area (Å²) in [5.41, 5.74) is 3.15. The Morgan fingerprint density at radius 2 is 1.63 bits per heavy atom. The van der Waals surface area contributed by atoms with Gasteiger partial charge in [-0.1, -0.05) is 47.6 Å². The van der Waals surface area contributed by atoms with Crippen molar-refractivity contribution in [3.63, 3.8) is 0 Å². The van der Waals surface area contributed by atoms with Crippen molar-refractivity contribution in [3.05, 3.63) is 65.7 Å². The van der Waals surface area contributed by atoms with E-state index in [9.17, 15) is 0 Å². The Morgan fingerprint density at radius 1 is 0.947 bits per heavy atom. The summed E-state index contributed by atoms with van der Waals surface area (Å²) in [5.74, 6) is 0.855. The van der Waals surface area contributed by atoms with E-state index in [1.54, 1.807) is 14.2 Å². The lowest BCUT2D eigenvalue weighted by atomic mass is 10.0. The van der Waals surface area contributed by atoms with Crippen LogP contribution in [-0.4, -0.2) is 19.9 Å². The van der Waals surface area contributed by atoms with Crippen LogP contribution >= 0.6 is 0 Å². The minimum absolute atomic E-state index is 0.724. The van der Waals surface area contributed by atoms with Crippen LogP contribution in [0.3, 0.4) is 0 Å². The van der Waals surface area contributed by atoms with Crippen LogP contribution in [0, 0.1) is 0 Å². The van der Waals surface area contributed by atoms with Crippen LogP contribution in [-0.2, 0) is 11.3 Å². The predicted octanol–water partition coefficient (Wildman–Crippen LogP) is 3.29. The quantitative estimate of drug-likeness (QED) is 0.606. The zero-order valence-corrected chi connectivity index (χ0v) is 11.2. The van der Waals surface area contributed by atoms with Crippen molar-refractivity contribution in [1.29, 1.82) is 0 Å². The van der Waals surface area contributed by atoms with Gasteiger partial charge in [-0.05, 0) is 23.3 Å². The van der Waals surface area contributed by atoms with Gasteiger partial charge in [0.1, 0.15) is 12.9 Å². The first-order chi connectivity index (χ1) is 9.33. The van der Waals surface area contributed by atoms with Crippen LogP contribution in [0.25, 0.3) is 0 Å². The number of oxime groups is 1. The summed E-state index contributed by atoms with van der Waals surface area (Å²) >= 11 is 0. The molecule has 2 aromatic carbocycles. The van der Waals surface area contributed by atoms with E-state index >= 15 is 0 Å². The second kappa shape index (κ2) is 6.59. The molecule has 0 unspecified atom stereocenters. The fraction of sp³-hybridized carbons (Fsp3) is 0.188. The molecule has 0 atom stereocenters. The average Bonchev–Trinajstić information content (AvgIpc) is 2.48. The number of ether oxygens (including phenoxy) is 1. The Balaban J connectivity index is 2.19. The van der Waals surface area contributed by atoms with E-state index in [0.29, 0.717) is 0 Å². The monoisotopic (exact) mass is 255 g/mol. The molecule has 0 saturated carbocycles. The molecule has 0 saturated heterocycles. The van der Waals surface area contributed by atoms with Crippen LogP contribution < -0.4 is 4.74 Å². The molecule has 0 N–H and O–H groups in total. The molecular formula is C16H17NO2. The predicted molar refractivity (Wildman–Crippen MR) is 76.7 cm³/mol. The number of methoxy groups -OCH3 is 1. The van der Waals surface area contributed by atoms with Gasteiger partial charge >= 0.3 is 0 Å². The zero-order chi connectivity index (χ0) is 13.5. The minimum Gasteiger partial charge on any atom is -0.497 e. The SMILES string of the molecule is CO/N=C(\Cc1ccc(OC)cc1)c1ccccc1. The highest BCUT2D eigenvalue weighted by Crippen LogP contribution is 2.14. The summed E-state index contributed by atoms with van der Waals surface area (Å²) in [4.78, 5) is 4.94. The molecule has 98 valence electrons. The van der Waals surface area contributed by atoms with Gasteiger partial charge in [-0.15, -0.1) is 0 Å². The second-order valence-corrected chi connectivity index (χ2v) is 4.11. The third-order valence-electron chi connectivity index (χ3n) is 2.84. The Bertz CT molecular complexity index is 532. The summed E-state index contributed by atoms with van der Waals surface area (Å²) < 4.78 is 5.15. The molecule has 0 amide bonds. The van der Waals surface area contributed by atoms with Gasteiger partial charge in [0.15, 0.2) is 0 Å². The first-order valence-electron chi connectivity index (χ1n) is 6.12. The number of nitrogens with zero attached hydrogens (tertiary/aromatic N) is 1. The Hall–Kier alpha value is -2.29. The summed E-state index contributed by atoms with van der Waals surface area (Å²) in [5, 5.41) is 4.12. The molecule has 0 aliphatic rings. The van der Waals surface area contributed by atoms with Crippen LogP contribution in [0.15, 0.2) is 59.8 Å². The largest absolute Gasteiger partial charge is 0.497 e. The van der Waals surface area contributed by atoms with E-state index < -0.39 is 0 Å². The van der Waals surface area contributed by atoms with Gasteiger partial charge in [0.2, 0.25) is 0 Å². The second-order valence-electron chi connectivity index (χ2n) is 4.11. The third-order valence-corrected chi connectivity index (χ3v) is 2.84. The first kappa shape index (κ1) is 13.1. The van der Waals surface area contributed by atoms with Gasteiger partial charge in [-0.2, -0.15) is 0 Å². The fourth-order valence-corrected chi connectivity index (χ4v) is 1.86. The van der Waals surface area contributed by atoms with Crippen LogP contribution in [0.5, 0.6) is 5.75 Å². The molecule has 19 heavy (non-hydrogen) atoms. The van der Waals surface area contributed by atoms with Crippen molar-refractivity contribution >= 4 is 5.71 Å². The molecule has 2 aromatic rings. The molecule has 0 fully saturated rings. The first-order valence-corrected chi connectivity index (χ1v) is 6.12. The highest BCUT2D eigenvalue weighted by atomic mass is 16.6. The maximum atomic E-state index is 5.15. The van der Waals surface area contributed by atoms with Gasteiger partial charge in [0.25, 0.3) is 0 Å². The van der Waals surface area contributed by atoms with Gasteiger partial charge in [0, 0.05) is 6.42 Å². The van der Waals surface area contributed by atoms with Gasteiger partial charge in [-0.25, -0.2) is 0 Å². The Morgan fingerprint density at radius 3 is 2.21 bits per heavy atom. The maximum Gasteiger partial charge on any atom is 0.118 e. The fourth-order valence-electron chi connectivity index (χ4n) is 1.86. The van der Waals surface area contributed by atoms with Gasteiger partial charge in [0.05, 0.1) is 12.8 Å². The van der Waals surface area contributed by atoms with E-state index in [0.717, 1.165) is 23.4 Å². The molecule has 3 nitrogen and oxygen atoms in total. The topological polar surface area (TPSA) is 30.8 Å². The van der Waals surface area contributed by atoms with Crippen molar-refractivity contribution in [1.82, 2.24) is 0 Å². The molecule has 0 heterocycles. The summed E-state index contributed by atoms with van der Waals surface area (Å²) in [6, 6.07) is 18.0. The van der Waals surface area contributed by atoms with Crippen molar-refractivity contribution in [2.45, 2.75) is 6.42 Å². The average molecular weight is 255 g/mol. The molecule has 2 rings (SSSR count). The number of rotatable bonds is 5. The normalized spacial score (nSPS) is 11.2. The lowest BCUT2D eigenvalue weighted by molar-refractivity contribution is 0.213. The van der Waals surface area contributed by atoms with Crippen molar-refractivity contribution in [3.8, 4) is 5.75 Å². The molecule has 0 bridgehead atoms. The molecular weight excluding hydrogens is 238 g/mol. The number of hydrogen-bond acceptors (Lipinski definition) is 3. The lowest BCUT2D eigenvalue weighted by Crippen LogP contribution is -2.06. The Kier molecular flexibility index (Phi) is 4.56. The summed E-state index contributed by atoms with van der Waals surface area (Å²) in [7, 11) is 3.23. The van der Waals surface area contributed by atoms with Crippen molar-refractivity contribution in [2.75, 3.05) is 14.2 Å². The maximum absolute atomic E-state index is 5.15. The van der Waals surface area contributed by atoms with E-state index in [4.69, 9.17) is 9.57 Å². The minimum atomic E-state index is 0.724. The molecule has 0 radical (unpaired) electrons. The van der Waals surface area contributed by atoms with Crippen LogP contribution in [0.1, 0.15) is 11.1 Å². The van der Waals surface area contributed by atoms with E-state index in [2.05, 4.69) is 5.16 Å². The van der Waals surface area contributed by atoms with Gasteiger partial charge < -0.3 is 9.57 Å². The highest BCUT2D eigenvalue weighted by Gasteiger charge is 2.06. The summed E-state index contributed by atoms with van der Waals surface area (Å²) in [6.45, 7) is 0. The van der Waals surface area contributed by atoms with Crippen molar-refractivity contribution in [2.24, 2.45) is 5.16 Å². The molecule has 0 aliphatic carbocycles. The molecule has 0 spiro atoms. The standard InChI is InChI=1S/C16H17NO2/c1-18-15-10-8-13(9-11-15)12-16(17-19-2)14-6-4-3-5-7-14/h3-11H,12H2,1-2H3/b17-16+. The van der Waals surface area contributed by atoms with Crippen LogP contribution in [0.4, 0.5) is 0 Å². The smallest absolute Gasteiger partial charge is 0.118 e. The van der Waals surface area contributed by atoms with E-state index in [1.807, 2.05) is 54.6 Å². The lowest BCUT2D eigenvalue weighted by Gasteiger charge is -2.07. The van der Waals surface area contributed by atoms with E-state index in [1.165, 1.54) is 5.56 Å². The summed E-state index contributed by atoms with van der Waals surface area (Å²) in [6.07, 6.45) is 0.724. The van der Waals surface area contributed by atoms with Crippen molar-refractivity contribution < 1.29 is 9.57 Å². The Labute approximate surface area is 113 Å². The number of hydrogen-bond donors (Lipinski definition) is 0. The van der Waals surface area contributed by atoms with E-state index in [-0.39, 0.29) is 0 Å². The molecule has 0 aliphatic heterocycles. The highest BCUT2D eigenvalue weighted by molar-refractivity contribution is 6.01. The third kappa shape index (κ3) is 3.58. The zero-order valence-electron chi connectivity index (χ0n) is 11.2. The molecule has 0 aromatic heterocycles. The van der Waals surface area contributed by atoms with Gasteiger partial charge in [-0.3, -0.25) is 0 Å². The molecule has 3 heteroatoms. The van der Waals surface area contributed by atoms with Crippen LogP contribution in [0.2, 0.25) is 0 Å². The number of benzene rings is 2.